The Hall–Kier alpha value is -1.47. The second-order valence-electron chi connectivity index (χ2n) is 5.80. The molecule has 0 aliphatic carbocycles. The van der Waals surface area contributed by atoms with Crippen molar-refractivity contribution in [2.45, 2.75) is 24.6 Å². The molecule has 7 heteroatoms. The van der Waals surface area contributed by atoms with Gasteiger partial charge in [0.1, 0.15) is 6.04 Å². The first-order chi connectivity index (χ1) is 11.4. The number of carbonyl (C=O) groups excluding carboxylic acids is 2. The van der Waals surface area contributed by atoms with Crippen molar-refractivity contribution >= 4 is 40.5 Å². The fraction of sp³-hybridized carbons (Fsp3) is 0.471. The number of thioether (sulfide) groups is 2. The molecule has 0 spiro atoms. The first-order valence-electron chi connectivity index (χ1n) is 7.72. The van der Waals surface area contributed by atoms with Crippen LogP contribution in [0.1, 0.15) is 23.7 Å². The molecule has 1 aromatic rings. The van der Waals surface area contributed by atoms with Crippen LogP contribution in [0.25, 0.3) is 0 Å². The number of carboxylic acids is 1. The average Bonchev–Trinajstić information content (AvgIpc) is 3.04. The zero-order chi connectivity index (χ0) is 17.7. The van der Waals surface area contributed by atoms with Crippen LogP contribution in [-0.2, 0) is 9.59 Å². The summed E-state index contributed by atoms with van der Waals surface area (Å²) < 4.78 is 0. The highest BCUT2D eigenvalue weighted by Gasteiger charge is 2.40. The molecule has 1 heterocycles. The van der Waals surface area contributed by atoms with Crippen molar-refractivity contribution < 1.29 is 19.5 Å². The molecule has 1 fully saturated rings. The molecule has 0 saturated carbocycles. The molecule has 24 heavy (non-hydrogen) atoms. The second kappa shape index (κ2) is 8.58. The van der Waals surface area contributed by atoms with E-state index in [1.165, 1.54) is 4.90 Å². The van der Waals surface area contributed by atoms with E-state index in [-0.39, 0.29) is 16.3 Å². The lowest BCUT2D eigenvalue weighted by atomic mass is 10.1. The van der Waals surface area contributed by atoms with Gasteiger partial charge in [0, 0.05) is 29.0 Å². The molecule has 1 amide bonds. The zero-order valence-electron chi connectivity index (χ0n) is 13.7. The molecule has 5 nitrogen and oxygen atoms in total. The molecule has 0 aromatic heterocycles. The van der Waals surface area contributed by atoms with Gasteiger partial charge < -0.3 is 10.0 Å². The summed E-state index contributed by atoms with van der Waals surface area (Å²) in [6, 6.07) is 8.17. The maximum Gasteiger partial charge on any atom is 0.326 e. The molecular weight excluding hydrogens is 346 g/mol. The predicted octanol–water partition coefficient (Wildman–Crippen LogP) is 2.61. The molecule has 1 aliphatic heterocycles. The molecule has 0 bridgehead atoms. The normalized spacial score (nSPS) is 21.5. The summed E-state index contributed by atoms with van der Waals surface area (Å²) in [6.45, 7) is 2.21. The number of likely N-dealkylation sites (tertiary alicyclic amines) is 1. The van der Waals surface area contributed by atoms with Crippen molar-refractivity contribution in [2.75, 3.05) is 18.6 Å². The standard InChI is InChI=1S/C17H21NO4S2/c1-11(10-24-17(22)12-6-4-3-5-7-12)15(19)18-9-13(23-2)8-14(18)16(20)21/h3-7,11,13-14H,8-10H2,1-2H3,(H,20,21)/t11?,13?,14-/m0/s1. The van der Waals surface area contributed by atoms with E-state index in [1.807, 2.05) is 12.3 Å². The van der Waals surface area contributed by atoms with Gasteiger partial charge in [-0.15, -0.1) is 0 Å². The van der Waals surface area contributed by atoms with Gasteiger partial charge >= 0.3 is 5.97 Å². The summed E-state index contributed by atoms with van der Waals surface area (Å²) in [5.74, 6) is -1.20. The first kappa shape index (κ1) is 18.9. The van der Waals surface area contributed by atoms with Gasteiger partial charge in [0.05, 0.1) is 0 Å². The van der Waals surface area contributed by atoms with Crippen molar-refractivity contribution in [1.82, 2.24) is 4.90 Å². The Morgan fingerprint density at radius 1 is 1.29 bits per heavy atom. The Balaban J connectivity index is 1.94. The lowest BCUT2D eigenvalue weighted by Gasteiger charge is -2.24. The summed E-state index contributed by atoms with van der Waals surface area (Å²) >= 11 is 2.69. The average molecular weight is 367 g/mol. The third-order valence-corrected chi connectivity index (χ3v) is 6.23. The molecule has 3 atom stereocenters. The van der Waals surface area contributed by atoms with Gasteiger partial charge in [-0.2, -0.15) is 11.8 Å². The van der Waals surface area contributed by atoms with Crippen LogP contribution in [0.2, 0.25) is 0 Å². The number of benzene rings is 1. The van der Waals surface area contributed by atoms with Gasteiger partial charge in [0.2, 0.25) is 11.0 Å². The molecule has 130 valence electrons. The Kier molecular flexibility index (Phi) is 6.74. The van der Waals surface area contributed by atoms with Gasteiger partial charge in [-0.1, -0.05) is 49.0 Å². The van der Waals surface area contributed by atoms with Gasteiger partial charge in [-0.25, -0.2) is 4.79 Å². The summed E-state index contributed by atoms with van der Waals surface area (Å²) in [4.78, 5) is 37.6. The number of hydrogen-bond donors (Lipinski definition) is 1. The highest BCUT2D eigenvalue weighted by molar-refractivity contribution is 8.14. The largest absolute Gasteiger partial charge is 0.480 e. The molecule has 1 saturated heterocycles. The molecule has 2 rings (SSSR count). The summed E-state index contributed by atoms with van der Waals surface area (Å²) in [6.07, 6.45) is 2.40. The Labute approximate surface area is 150 Å². The van der Waals surface area contributed by atoms with Gasteiger partial charge in [0.25, 0.3) is 0 Å². The number of rotatable bonds is 6. The quantitative estimate of drug-likeness (QED) is 0.833. The molecule has 1 aromatic carbocycles. The van der Waals surface area contributed by atoms with Crippen LogP contribution in [0.3, 0.4) is 0 Å². The van der Waals surface area contributed by atoms with Crippen molar-refractivity contribution in [3.8, 4) is 0 Å². The summed E-state index contributed by atoms with van der Waals surface area (Å²) in [7, 11) is 0. The number of amides is 1. The van der Waals surface area contributed by atoms with E-state index in [1.54, 1.807) is 43.0 Å². The predicted molar refractivity (Wildman–Crippen MR) is 97.5 cm³/mol. The smallest absolute Gasteiger partial charge is 0.326 e. The second-order valence-corrected chi connectivity index (χ2v) is 7.93. The van der Waals surface area contributed by atoms with E-state index in [4.69, 9.17) is 0 Å². The van der Waals surface area contributed by atoms with Crippen LogP contribution < -0.4 is 0 Å². The number of carbonyl (C=O) groups is 3. The Morgan fingerprint density at radius 2 is 1.96 bits per heavy atom. The Morgan fingerprint density at radius 3 is 2.54 bits per heavy atom. The monoisotopic (exact) mass is 367 g/mol. The fourth-order valence-corrected chi connectivity index (χ4v) is 4.19. The number of nitrogens with zero attached hydrogens (tertiary/aromatic N) is 1. The molecule has 1 N–H and O–H groups in total. The van der Waals surface area contributed by atoms with Crippen LogP contribution >= 0.6 is 23.5 Å². The van der Waals surface area contributed by atoms with Crippen LogP contribution in [0.4, 0.5) is 0 Å². The van der Waals surface area contributed by atoms with E-state index < -0.39 is 17.9 Å². The van der Waals surface area contributed by atoms with E-state index in [0.29, 0.717) is 24.3 Å². The molecule has 0 radical (unpaired) electrons. The first-order valence-corrected chi connectivity index (χ1v) is 9.99. The number of hydrogen-bond acceptors (Lipinski definition) is 5. The number of carboxylic acid groups (broad SMARTS) is 1. The minimum Gasteiger partial charge on any atom is -0.480 e. The van der Waals surface area contributed by atoms with Gasteiger partial charge in [-0.05, 0) is 12.7 Å². The lowest BCUT2D eigenvalue weighted by molar-refractivity contribution is -0.149. The highest BCUT2D eigenvalue weighted by Crippen LogP contribution is 2.28. The van der Waals surface area contributed by atoms with Crippen molar-refractivity contribution in [3.63, 3.8) is 0 Å². The van der Waals surface area contributed by atoms with E-state index in [9.17, 15) is 19.5 Å². The van der Waals surface area contributed by atoms with E-state index >= 15 is 0 Å². The SMILES string of the molecule is CSC1C[C@@H](C(=O)O)N(C(=O)C(C)CSC(=O)c2ccccc2)C1. The van der Waals surface area contributed by atoms with Crippen molar-refractivity contribution in [2.24, 2.45) is 5.92 Å². The summed E-state index contributed by atoms with van der Waals surface area (Å²) in [5.41, 5.74) is 0.606. The van der Waals surface area contributed by atoms with Crippen molar-refractivity contribution in [1.29, 1.82) is 0 Å². The maximum absolute atomic E-state index is 12.6. The van der Waals surface area contributed by atoms with E-state index in [2.05, 4.69) is 0 Å². The molecule has 1 aliphatic rings. The third kappa shape index (κ3) is 4.54. The molecule has 2 unspecified atom stereocenters. The summed E-state index contributed by atoms with van der Waals surface area (Å²) in [5, 5.41) is 9.41. The van der Waals surface area contributed by atoms with Crippen LogP contribution in [-0.4, -0.2) is 56.8 Å². The topological polar surface area (TPSA) is 74.7 Å². The van der Waals surface area contributed by atoms with Crippen LogP contribution in [0, 0.1) is 5.92 Å². The third-order valence-electron chi connectivity index (χ3n) is 4.06. The lowest BCUT2D eigenvalue weighted by Crippen LogP contribution is -2.43. The van der Waals surface area contributed by atoms with Gasteiger partial charge in [-0.3, -0.25) is 9.59 Å². The minimum atomic E-state index is -0.958. The van der Waals surface area contributed by atoms with Crippen LogP contribution in [0.15, 0.2) is 30.3 Å². The highest BCUT2D eigenvalue weighted by atomic mass is 32.2. The minimum absolute atomic E-state index is 0.0755. The Bertz CT molecular complexity index is 608. The van der Waals surface area contributed by atoms with Crippen LogP contribution in [0.5, 0.6) is 0 Å². The van der Waals surface area contributed by atoms with E-state index in [0.717, 1.165) is 11.8 Å². The fourth-order valence-electron chi connectivity index (χ4n) is 2.66. The van der Waals surface area contributed by atoms with Crippen molar-refractivity contribution in [3.05, 3.63) is 35.9 Å². The number of aliphatic carboxylic acids is 1. The molecular formula is C17H21NO4S2. The maximum atomic E-state index is 12.6. The van der Waals surface area contributed by atoms with Gasteiger partial charge in [0.15, 0.2) is 0 Å². The zero-order valence-corrected chi connectivity index (χ0v) is 15.3.